The van der Waals surface area contributed by atoms with Crippen molar-refractivity contribution in [3.05, 3.63) is 23.8 Å². The van der Waals surface area contributed by atoms with Crippen molar-refractivity contribution in [3.8, 4) is 5.75 Å². The van der Waals surface area contributed by atoms with Crippen LogP contribution in [0.1, 0.15) is 51.1 Å². The zero-order valence-electron chi connectivity index (χ0n) is 19.8. The number of ether oxygens (including phenoxy) is 1. The fourth-order valence-electron chi connectivity index (χ4n) is 4.36. The summed E-state index contributed by atoms with van der Waals surface area (Å²) in [5.41, 5.74) is -0.641. The van der Waals surface area contributed by atoms with Gasteiger partial charge in [0.1, 0.15) is 10.6 Å². The third kappa shape index (κ3) is 6.39. The fourth-order valence-corrected chi connectivity index (χ4v) is 5.45. The molecule has 2 aliphatic rings. The van der Waals surface area contributed by atoms with E-state index in [0.717, 1.165) is 12.1 Å². The lowest BCUT2D eigenvalue weighted by molar-refractivity contribution is -0.153. The first-order valence-electron chi connectivity index (χ1n) is 11.5. The second-order valence-corrected chi connectivity index (χ2v) is 10.8. The van der Waals surface area contributed by atoms with Crippen LogP contribution in [0.25, 0.3) is 0 Å². The highest BCUT2D eigenvalue weighted by Crippen LogP contribution is 2.44. The Morgan fingerprint density at radius 2 is 2.03 bits per heavy atom. The van der Waals surface area contributed by atoms with Gasteiger partial charge in [0, 0.05) is 12.6 Å². The van der Waals surface area contributed by atoms with E-state index in [-0.39, 0.29) is 29.9 Å². The van der Waals surface area contributed by atoms with Crippen LogP contribution in [-0.4, -0.2) is 52.1 Å². The Kier molecular flexibility index (Phi) is 8.06. The SMILES string of the molecule is CCC1(CC(NC=O)c2ccc(OCC(F)(F)F)c(S(=O)(=O)NC(=O)NC3CC3)c2)C(=O)NCC1C. The summed E-state index contributed by atoms with van der Waals surface area (Å²) in [5, 5.41) is 7.81. The highest BCUT2D eigenvalue weighted by atomic mass is 32.2. The molecule has 1 aromatic rings. The number of hydrogen-bond donors (Lipinski definition) is 4. The van der Waals surface area contributed by atoms with Crippen LogP contribution in [0.3, 0.4) is 0 Å². The molecule has 0 radical (unpaired) electrons. The zero-order valence-corrected chi connectivity index (χ0v) is 20.6. The number of carbonyl (C=O) groups is 3. The summed E-state index contributed by atoms with van der Waals surface area (Å²) in [6.45, 7) is 2.39. The van der Waals surface area contributed by atoms with Crippen LogP contribution in [0, 0.1) is 11.3 Å². The molecule has 4 amide bonds. The number of sulfonamides is 1. The standard InChI is InChI=1S/C22H29F3N4O6S/c1-3-21(13(2)10-26-19(21)31)9-16(27-12-30)14-4-7-17(35-11-22(23,24)25)18(8-14)36(33,34)29-20(32)28-15-5-6-15/h4,7-8,12-13,15-16H,3,5-6,9-11H2,1-2H3,(H,26,31)(H,27,30)(H2,28,29,32). The first-order valence-corrected chi connectivity index (χ1v) is 12.9. The second kappa shape index (κ2) is 10.5. The van der Waals surface area contributed by atoms with E-state index < -0.39 is 50.9 Å². The summed E-state index contributed by atoms with van der Waals surface area (Å²) in [7, 11) is -4.67. The molecule has 10 nitrogen and oxygen atoms in total. The van der Waals surface area contributed by atoms with E-state index in [4.69, 9.17) is 4.74 Å². The van der Waals surface area contributed by atoms with Gasteiger partial charge in [-0.1, -0.05) is 19.9 Å². The van der Waals surface area contributed by atoms with Crippen LogP contribution in [0.5, 0.6) is 5.75 Å². The molecule has 3 unspecified atom stereocenters. The fraction of sp³-hybridized carbons (Fsp3) is 0.591. The van der Waals surface area contributed by atoms with Crippen molar-refractivity contribution in [2.24, 2.45) is 11.3 Å². The first kappa shape index (κ1) is 27.6. The second-order valence-electron chi connectivity index (χ2n) is 9.13. The molecule has 3 rings (SSSR count). The minimum atomic E-state index is -4.74. The minimum absolute atomic E-state index is 0.0867. The summed E-state index contributed by atoms with van der Waals surface area (Å²) < 4.78 is 70.9. The van der Waals surface area contributed by atoms with Crippen LogP contribution < -0.4 is 25.4 Å². The molecule has 1 aromatic carbocycles. The summed E-state index contributed by atoms with van der Waals surface area (Å²) in [6.07, 6.45) is -2.40. The predicted octanol–water partition coefficient (Wildman–Crippen LogP) is 2.12. The molecule has 4 N–H and O–H groups in total. The highest BCUT2D eigenvalue weighted by Gasteiger charge is 2.48. The highest BCUT2D eigenvalue weighted by molar-refractivity contribution is 7.90. The molecular weight excluding hydrogens is 505 g/mol. The molecule has 0 bridgehead atoms. The van der Waals surface area contributed by atoms with E-state index in [2.05, 4.69) is 16.0 Å². The first-order chi connectivity index (χ1) is 16.8. The molecule has 2 fully saturated rings. The Morgan fingerprint density at radius 1 is 1.33 bits per heavy atom. The average Bonchev–Trinajstić information content (AvgIpc) is 3.56. The predicted molar refractivity (Wildman–Crippen MR) is 121 cm³/mol. The molecule has 200 valence electrons. The van der Waals surface area contributed by atoms with Crippen LogP contribution >= 0.6 is 0 Å². The molecule has 1 aliphatic heterocycles. The van der Waals surface area contributed by atoms with E-state index in [1.807, 2.05) is 13.8 Å². The van der Waals surface area contributed by atoms with Gasteiger partial charge in [-0.3, -0.25) is 9.59 Å². The van der Waals surface area contributed by atoms with Crippen molar-refractivity contribution in [1.82, 2.24) is 20.7 Å². The normalized spacial score (nSPS) is 22.9. The number of hydrogen-bond acceptors (Lipinski definition) is 6. The van der Waals surface area contributed by atoms with Crippen molar-refractivity contribution in [3.63, 3.8) is 0 Å². The van der Waals surface area contributed by atoms with E-state index in [0.29, 0.717) is 32.2 Å². The van der Waals surface area contributed by atoms with Crippen molar-refractivity contribution >= 4 is 28.4 Å². The Balaban J connectivity index is 1.99. The molecule has 0 spiro atoms. The lowest BCUT2D eigenvalue weighted by Crippen LogP contribution is -2.40. The third-order valence-electron chi connectivity index (χ3n) is 6.62. The molecule has 1 aliphatic carbocycles. The van der Waals surface area contributed by atoms with E-state index in [1.54, 1.807) is 4.72 Å². The van der Waals surface area contributed by atoms with Gasteiger partial charge in [-0.15, -0.1) is 0 Å². The Hall–Kier alpha value is -3.03. The summed E-state index contributed by atoms with van der Waals surface area (Å²) in [6, 6.07) is 1.36. The van der Waals surface area contributed by atoms with Gasteiger partial charge in [0.05, 0.1) is 11.5 Å². The van der Waals surface area contributed by atoms with Gasteiger partial charge < -0.3 is 20.7 Å². The maximum atomic E-state index is 13.0. The van der Waals surface area contributed by atoms with E-state index >= 15 is 0 Å². The number of alkyl halides is 3. The zero-order chi connectivity index (χ0) is 26.7. The van der Waals surface area contributed by atoms with E-state index in [1.165, 1.54) is 6.07 Å². The van der Waals surface area contributed by atoms with Gasteiger partial charge >= 0.3 is 12.2 Å². The van der Waals surface area contributed by atoms with E-state index in [9.17, 15) is 36.0 Å². The maximum absolute atomic E-state index is 13.0. The van der Waals surface area contributed by atoms with Crippen LogP contribution in [0.4, 0.5) is 18.0 Å². The van der Waals surface area contributed by atoms with Gasteiger partial charge in [-0.05, 0) is 49.3 Å². The van der Waals surface area contributed by atoms with Crippen LogP contribution in [0.15, 0.2) is 23.1 Å². The van der Waals surface area contributed by atoms with Crippen molar-refractivity contribution < 1.29 is 40.7 Å². The quantitative estimate of drug-likeness (QED) is 0.321. The molecule has 1 saturated heterocycles. The van der Waals surface area contributed by atoms with Crippen LogP contribution in [-0.2, 0) is 19.6 Å². The van der Waals surface area contributed by atoms with Crippen molar-refractivity contribution in [2.45, 2.75) is 62.7 Å². The molecule has 14 heteroatoms. The number of rotatable bonds is 11. The molecule has 36 heavy (non-hydrogen) atoms. The van der Waals surface area contributed by atoms with Gasteiger partial charge in [-0.2, -0.15) is 13.2 Å². The van der Waals surface area contributed by atoms with Crippen LogP contribution in [0.2, 0.25) is 0 Å². The number of benzene rings is 1. The monoisotopic (exact) mass is 534 g/mol. The summed E-state index contributed by atoms with van der Waals surface area (Å²) in [4.78, 5) is 35.5. The molecule has 0 aromatic heterocycles. The molecular formula is C22H29F3N4O6S. The van der Waals surface area contributed by atoms with Gasteiger partial charge in [-0.25, -0.2) is 17.9 Å². The third-order valence-corrected chi connectivity index (χ3v) is 7.98. The average molecular weight is 535 g/mol. The van der Waals surface area contributed by atoms with Gasteiger partial charge in [0.2, 0.25) is 12.3 Å². The number of halogens is 3. The van der Waals surface area contributed by atoms with Crippen molar-refractivity contribution in [1.29, 1.82) is 0 Å². The molecule has 3 atom stereocenters. The van der Waals surface area contributed by atoms with Crippen molar-refractivity contribution in [2.75, 3.05) is 13.2 Å². The molecule has 1 heterocycles. The topological polar surface area (TPSA) is 143 Å². The number of urea groups is 1. The Morgan fingerprint density at radius 3 is 2.56 bits per heavy atom. The summed E-state index contributed by atoms with van der Waals surface area (Å²) >= 11 is 0. The number of carbonyl (C=O) groups excluding carboxylic acids is 3. The Bertz CT molecular complexity index is 1110. The largest absolute Gasteiger partial charge is 0.483 e. The number of amides is 4. The van der Waals surface area contributed by atoms with Gasteiger partial charge in [0.15, 0.2) is 6.61 Å². The smallest absolute Gasteiger partial charge is 0.422 e. The minimum Gasteiger partial charge on any atom is -0.483 e. The maximum Gasteiger partial charge on any atom is 0.422 e. The van der Waals surface area contributed by atoms with Gasteiger partial charge in [0.25, 0.3) is 10.0 Å². The Labute approximate surface area is 206 Å². The molecule has 1 saturated carbocycles. The lowest BCUT2D eigenvalue weighted by Gasteiger charge is -2.33. The number of nitrogens with one attached hydrogen (secondary N) is 4. The summed E-state index contributed by atoms with van der Waals surface area (Å²) in [5.74, 6) is -0.909. The lowest BCUT2D eigenvalue weighted by atomic mass is 9.71.